The van der Waals surface area contributed by atoms with Crippen molar-refractivity contribution in [1.82, 2.24) is 0 Å². The summed E-state index contributed by atoms with van der Waals surface area (Å²) in [6, 6.07) is 0. The molecule has 0 aromatic rings. The number of hydrogen-bond donors (Lipinski definition) is 0. The van der Waals surface area contributed by atoms with E-state index in [2.05, 4.69) is 13.8 Å². The first kappa shape index (κ1) is 11.0. The molecule has 0 saturated heterocycles. The molecule has 0 bridgehead atoms. The van der Waals surface area contributed by atoms with Crippen LogP contribution in [0.15, 0.2) is 0 Å². The van der Waals surface area contributed by atoms with Crippen LogP contribution in [0.2, 0.25) is 0 Å². The quantitative estimate of drug-likeness (QED) is 0.583. The van der Waals surface area contributed by atoms with Crippen molar-refractivity contribution in [2.75, 3.05) is 0 Å². The monoisotopic (exact) mass is 157 g/mol. The number of hydrogen-bond acceptors (Lipinski definition) is 0. The fraction of sp³-hybridized carbons (Fsp3) is 1.00. The van der Waals surface area contributed by atoms with Gasteiger partial charge in [-0.05, 0) is 25.7 Å². The molecule has 0 aliphatic rings. The van der Waals surface area contributed by atoms with Gasteiger partial charge in [0.1, 0.15) is 5.60 Å². The first-order valence-corrected chi connectivity index (χ1v) is 4.68. The molecule has 1 radical (unpaired) electrons. The largest absolute Gasteiger partial charge is 0.230 e. The Hall–Kier alpha value is -0.0400. The van der Waals surface area contributed by atoms with Gasteiger partial charge in [0, 0.05) is 0 Å². The van der Waals surface area contributed by atoms with Crippen LogP contribution >= 0.6 is 0 Å². The van der Waals surface area contributed by atoms with Crippen LogP contribution in [0, 0.1) is 5.92 Å². The van der Waals surface area contributed by atoms with Crippen LogP contribution in [-0.2, 0) is 5.11 Å². The molecular weight excluding hydrogens is 136 g/mol. The Balaban J connectivity index is 3.38. The summed E-state index contributed by atoms with van der Waals surface area (Å²) >= 11 is 0. The lowest BCUT2D eigenvalue weighted by molar-refractivity contribution is -0.0256. The third-order valence-corrected chi connectivity index (χ3v) is 2.23. The minimum Gasteiger partial charge on any atom is -0.230 e. The summed E-state index contributed by atoms with van der Waals surface area (Å²) in [4.78, 5) is 0. The third kappa shape index (κ3) is 6.36. The van der Waals surface area contributed by atoms with Crippen molar-refractivity contribution in [2.45, 2.75) is 59.0 Å². The van der Waals surface area contributed by atoms with Crippen molar-refractivity contribution in [2.24, 2.45) is 5.92 Å². The van der Waals surface area contributed by atoms with Crippen molar-refractivity contribution < 1.29 is 5.11 Å². The van der Waals surface area contributed by atoms with Crippen molar-refractivity contribution in [3.05, 3.63) is 0 Å². The van der Waals surface area contributed by atoms with E-state index < -0.39 is 5.60 Å². The van der Waals surface area contributed by atoms with Crippen LogP contribution < -0.4 is 0 Å². The van der Waals surface area contributed by atoms with Crippen molar-refractivity contribution in [3.63, 3.8) is 0 Å². The van der Waals surface area contributed by atoms with Crippen molar-refractivity contribution in [1.29, 1.82) is 0 Å². The zero-order chi connectivity index (χ0) is 8.91. The van der Waals surface area contributed by atoms with E-state index in [1.165, 1.54) is 6.42 Å². The zero-order valence-electron chi connectivity index (χ0n) is 8.31. The van der Waals surface area contributed by atoms with Gasteiger partial charge >= 0.3 is 0 Å². The molecule has 1 unspecified atom stereocenters. The predicted molar refractivity (Wildman–Crippen MR) is 48.1 cm³/mol. The van der Waals surface area contributed by atoms with Gasteiger partial charge in [-0.25, -0.2) is 5.11 Å². The summed E-state index contributed by atoms with van der Waals surface area (Å²) in [5.41, 5.74) is -0.672. The highest BCUT2D eigenvalue weighted by atomic mass is 16.3. The zero-order valence-corrected chi connectivity index (χ0v) is 8.31. The van der Waals surface area contributed by atoms with Crippen LogP contribution in [0.1, 0.15) is 53.4 Å². The van der Waals surface area contributed by atoms with E-state index in [9.17, 15) is 5.11 Å². The molecule has 0 amide bonds. The molecule has 0 rings (SSSR count). The van der Waals surface area contributed by atoms with Gasteiger partial charge < -0.3 is 0 Å². The Morgan fingerprint density at radius 1 is 1.36 bits per heavy atom. The van der Waals surface area contributed by atoms with Gasteiger partial charge in [-0.2, -0.15) is 0 Å². The molecule has 0 saturated carbocycles. The highest BCUT2D eigenvalue weighted by Gasteiger charge is 2.18. The average molecular weight is 157 g/mol. The Labute approximate surface area is 70.8 Å². The van der Waals surface area contributed by atoms with Gasteiger partial charge in [0.15, 0.2) is 0 Å². The van der Waals surface area contributed by atoms with E-state index in [4.69, 9.17) is 0 Å². The molecule has 0 N–H and O–H groups in total. The highest BCUT2D eigenvalue weighted by Crippen LogP contribution is 2.19. The molecular formula is C10H21O. The summed E-state index contributed by atoms with van der Waals surface area (Å²) in [7, 11) is 0. The van der Waals surface area contributed by atoms with Crippen LogP contribution in [-0.4, -0.2) is 5.60 Å². The molecule has 0 aromatic carbocycles. The Morgan fingerprint density at radius 2 is 1.91 bits per heavy atom. The SMILES string of the molecule is CCC(C)([O])CCCC(C)C. The fourth-order valence-electron chi connectivity index (χ4n) is 1.06. The lowest BCUT2D eigenvalue weighted by atomic mass is 9.94. The van der Waals surface area contributed by atoms with Crippen LogP contribution in [0.5, 0.6) is 0 Å². The summed E-state index contributed by atoms with van der Waals surface area (Å²) < 4.78 is 0. The average Bonchev–Trinajstić information content (AvgIpc) is 1.87. The van der Waals surface area contributed by atoms with E-state index in [1.54, 1.807) is 0 Å². The second-order valence-corrected chi connectivity index (χ2v) is 4.09. The molecule has 1 nitrogen and oxygen atoms in total. The summed E-state index contributed by atoms with van der Waals surface area (Å²) in [5.74, 6) is 0.739. The van der Waals surface area contributed by atoms with E-state index in [0.29, 0.717) is 0 Å². The van der Waals surface area contributed by atoms with Gasteiger partial charge in [0.2, 0.25) is 0 Å². The predicted octanol–water partition coefficient (Wildman–Crippen LogP) is 3.41. The number of rotatable bonds is 5. The molecule has 0 aliphatic carbocycles. The normalized spacial score (nSPS) is 16.9. The maximum Gasteiger partial charge on any atom is 0.101 e. The van der Waals surface area contributed by atoms with E-state index >= 15 is 0 Å². The van der Waals surface area contributed by atoms with Gasteiger partial charge in [-0.3, -0.25) is 0 Å². The van der Waals surface area contributed by atoms with Gasteiger partial charge in [-0.15, -0.1) is 0 Å². The first-order valence-electron chi connectivity index (χ1n) is 4.68. The Bertz CT molecular complexity index is 95.0. The van der Waals surface area contributed by atoms with Gasteiger partial charge in [-0.1, -0.05) is 33.6 Å². The van der Waals surface area contributed by atoms with E-state index in [-0.39, 0.29) is 0 Å². The molecule has 0 aromatic heterocycles. The second-order valence-electron chi connectivity index (χ2n) is 4.09. The molecule has 1 atom stereocenters. The fourth-order valence-corrected chi connectivity index (χ4v) is 1.06. The minimum absolute atomic E-state index is 0.672. The maximum atomic E-state index is 11.5. The molecule has 0 fully saturated rings. The standard InChI is InChI=1S/C10H21O/c1-5-10(4,11)8-6-7-9(2)3/h9H,5-8H2,1-4H3. The Kier molecular flexibility index (Phi) is 4.74. The molecule has 0 aliphatic heterocycles. The van der Waals surface area contributed by atoms with Crippen LogP contribution in [0.3, 0.4) is 0 Å². The third-order valence-electron chi connectivity index (χ3n) is 2.23. The maximum absolute atomic E-state index is 11.5. The smallest absolute Gasteiger partial charge is 0.101 e. The van der Waals surface area contributed by atoms with Crippen molar-refractivity contribution >= 4 is 0 Å². The molecule has 0 heterocycles. The van der Waals surface area contributed by atoms with Gasteiger partial charge in [0.05, 0.1) is 0 Å². The Morgan fingerprint density at radius 3 is 2.27 bits per heavy atom. The van der Waals surface area contributed by atoms with E-state index in [0.717, 1.165) is 25.2 Å². The lowest BCUT2D eigenvalue weighted by Crippen LogP contribution is -2.20. The molecule has 67 valence electrons. The summed E-state index contributed by atoms with van der Waals surface area (Å²) in [6.45, 7) is 8.19. The van der Waals surface area contributed by atoms with Crippen molar-refractivity contribution in [3.8, 4) is 0 Å². The highest BCUT2D eigenvalue weighted by molar-refractivity contribution is 4.69. The second kappa shape index (κ2) is 4.76. The lowest BCUT2D eigenvalue weighted by Gasteiger charge is -2.18. The molecule has 11 heavy (non-hydrogen) atoms. The summed E-state index contributed by atoms with van der Waals surface area (Å²) in [6.07, 6.45) is 3.87. The van der Waals surface area contributed by atoms with Crippen LogP contribution in [0.4, 0.5) is 0 Å². The minimum atomic E-state index is -0.672. The topological polar surface area (TPSA) is 19.9 Å². The van der Waals surface area contributed by atoms with E-state index in [1.807, 2.05) is 13.8 Å². The first-order chi connectivity index (χ1) is 4.98. The molecule has 0 spiro atoms. The molecule has 1 heteroatoms. The summed E-state index contributed by atoms with van der Waals surface area (Å²) in [5, 5.41) is 11.5. The van der Waals surface area contributed by atoms with Gasteiger partial charge in [0.25, 0.3) is 0 Å². The van der Waals surface area contributed by atoms with Crippen LogP contribution in [0.25, 0.3) is 0 Å².